The van der Waals surface area contributed by atoms with Crippen molar-refractivity contribution in [2.75, 3.05) is 13.2 Å². The van der Waals surface area contributed by atoms with Crippen molar-refractivity contribution in [1.82, 2.24) is 14.8 Å². The van der Waals surface area contributed by atoms with Gasteiger partial charge in [-0.3, -0.25) is 14.5 Å². The zero-order chi connectivity index (χ0) is 22.8. The number of allylic oxidation sites excluding steroid dienone is 1. The molecule has 2 aromatic rings. The van der Waals surface area contributed by atoms with E-state index in [-0.39, 0.29) is 48.4 Å². The Hall–Kier alpha value is -2.77. The molecule has 0 radical (unpaired) electrons. The van der Waals surface area contributed by atoms with Crippen LogP contribution in [0.2, 0.25) is 0 Å². The minimum Gasteiger partial charge on any atom is -0.396 e. The number of halogens is 1. The number of fused-ring (bicyclic) bond motifs is 4. The fraction of sp³-hybridized carbons (Fsp3) is 0.440. The highest BCUT2D eigenvalue weighted by molar-refractivity contribution is 5.80. The first kappa shape index (κ1) is 22.4. The molecular weight excluding hydrogens is 409 g/mol. The van der Waals surface area contributed by atoms with Gasteiger partial charge in [-0.2, -0.15) is 0 Å². The molecular formula is C25H30FN3O3. The second kappa shape index (κ2) is 9.38. The Morgan fingerprint density at radius 2 is 2.00 bits per heavy atom. The number of aliphatic hydroxyl groups excluding tert-OH is 1. The van der Waals surface area contributed by atoms with Crippen LogP contribution in [-0.4, -0.2) is 39.7 Å². The van der Waals surface area contributed by atoms with Crippen LogP contribution < -0.4 is 10.9 Å². The van der Waals surface area contributed by atoms with Gasteiger partial charge in [-0.15, -0.1) is 0 Å². The van der Waals surface area contributed by atoms with E-state index in [4.69, 9.17) is 0 Å². The number of nitrogens with zero attached hydrogens (tertiary/aromatic N) is 2. The number of rotatable bonds is 7. The monoisotopic (exact) mass is 439 g/mol. The summed E-state index contributed by atoms with van der Waals surface area (Å²) in [4.78, 5) is 28.8. The number of aromatic nitrogens is 1. The Balaban J connectivity index is 1.68. The molecule has 3 heterocycles. The van der Waals surface area contributed by atoms with Crippen molar-refractivity contribution in [3.8, 4) is 0 Å². The van der Waals surface area contributed by atoms with E-state index < -0.39 is 5.92 Å². The zero-order valence-electron chi connectivity index (χ0n) is 18.5. The van der Waals surface area contributed by atoms with Crippen molar-refractivity contribution in [2.24, 2.45) is 11.8 Å². The van der Waals surface area contributed by atoms with Gasteiger partial charge >= 0.3 is 0 Å². The number of aliphatic hydroxyl groups is 1. The van der Waals surface area contributed by atoms with Crippen LogP contribution in [0.1, 0.15) is 43.1 Å². The minimum atomic E-state index is -0.474. The van der Waals surface area contributed by atoms with E-state index in [9.17, 15) is 19.1 Å². The number of carbonyl (C=O) groups excluding carboxylic acids is 1. The molecule has 2 N–H and O–H groups in total. The molecule has 1 amide bonds. The number of amides is 1. The number of carbonyl (C=O) groups is 1. The van der Waals surface area contributed by atoms with Gasteiger partial charge in [0, 0.05) is 42.9 Å². The van der Waals surface area contributed by atoms with Crippen LogP contribution in [0.3, 0.4) is 0 Å². The minimum absolute atomic E-state index is 0.0594. The summed E-state index contributed by atoms with van der Waals surface area (Å²) >= 11 is 0. The summed E-state index contributed by atoms with van der Waals surface area (Å²) in [6.45, 7) is 5.38. The number of pyridine rings is 1. The quantitative estimate of drug-likeness (QED) is 0.696. The Labute approximate surface area is 187 Å². The Morgan fingerprint density at radius 3 is 2.66 bits per heavy atom. The summed E-state index contributed by atoms with van der Waals surface area (Å²) in [5, 5.41) is 13.3. The van der Waals surface area contributed by atoms with E-state index >= 15 is 0 Å². The van der Waals surface area contributed by atoms with E-state index in [2.05, 4.69) is 17.1 Å². The molecule has 2 bridgehead atoms. The summed E-state index contributed by atoms with van der Waals surface area (Å²) in [7, 11) is 0. The third-order valence-electron chi connectivity index (χ3n) is 6.71. The Morgan fingerprint density at radius 1 is 1.25 bits per heavy atom. The van der Waals surface area contributed by atoms with Gasteiger partial charge in [-0.25, -0.2) is 4.39 Å². The topological polar surface area (TPSA) is 74.6 Å². The van der Waals surface area contributed by atoms with Crippen molar-refractivity contribution >= 4 is 12.0 Å². The maximum Gasteiger partial charge on any atom is 0.258 e. The van der Waals surface area contributed by atoms with Gasteiger partial charge < -0.3 is 15.0 Å². The van der Waals surface area contributed by atoms with Gasteiger partial charge in [-0.05, 0) is 49.7 Å². The Bertz CT molecular complexity index is 1060. The van der Waals surface area contributed by atoms with Crippen molar-refractivity contribution in [1.29, 1.82) is 0 Å². The lowest BCUT2D eigenvalue weighted by Crippen LogP contribution is -2.47. The highest BCUT2D eigenvalue weighted by Crippen LogP contribution is 2.48. The molecule has 6 nitrogen and oxygen atoms in total. The molecule has 7 heteroatoms. The predicted molar refractivity (Wildman–Crippen MR) is 121 cm³/mol. The van der Waals surface area contributed by atoms with E-state index in [1.807, 2.05) is 25.1 Å². The standard InChI is InChI=1S/C25H30FN3O3/c1-3-5-17-8-11-20-23-22(24(31)27-13-16-6-9-18(26)10-7-16)19(15-30)21(28(23)12-4-2)14-29(20)25(17)32/h3,5-11,19,21-23,30H,4,12-15H2,1-2H3,(H,27,31)/t19-,21-,22+,23+/m0/s1. The largest absolute Gasteiger partial charge is 0.396 e. The maximum absolute atomic E-state index is 13.4. The van der Waals surface area contributed by atoms with Crippen LogP contribution in [0.15, 0.2) is 47.3 Å². The molecule has 0 unspecified atom stereocenters. The molecule has 1 fully saturated rings. The molecule has 1 aromatic heterocycles. The van der Waals surface area contributed by atoms with Gasteiger partial charge in [0.2, 0.25) is 5.91 Å². The lowest BCUT2D eigenvalue weighted by Gasteiger charge is -2.38. The van der Waals surface area contributed by atoms with Gasteiger partial charge in [0.25, 0.3) is 5.56 Å². The zero-order valence-corrected chi connectivity index (χ0v) is 18.5. The fourth-order valence-electron chi connectivity index (χ4n) is 5.32. The molecule has 0 spiro atoms. The summed E-state index contributed by atoms with van der Waals surface area (Å²) in [6.07, 6.45) is 4.55. The molecule has 170 valence electrons. The third kappa shape index (κ3) is 3.91. The van der Waals surface area contributed by atoms with Crippen molar-refractivity contribution in [3.05, 3.63) is 75.5 Å². The van der Waals surface area contributed by atoms with Crippen LogP contribution >= 0.6 is 0 Å². The molecule has 0 saturated carbocycles. The second-order valence-electron chi connectivity index (χ2n) is 8.60. The molecule has 1 aromatic carbocycles. The molecule has 4 atom stereocenters. The lowest BCUT2D eigenvalue weighted by molar-refractivity contribution is -0.127. The molecule has 32 heavy (non-hydrogen) atoms. The smallest absolute Gasteiger partial charge is 0.258 e. The summed E-state index contributed by atoms with van der Waals surface area (Å²) in [5.41, 5.74) is 2.19. The maximum atomic E-state index is 13.4. The molecule has 2 aliphatic rings. The van der Waals surface area contributed by atoms with Gasteiger partial charge in [0.05, 0.1) is 12.0 Å². The first-order valence-electron chi connectivity index (χ1n) is 11.2. The van der Waals surface area contributed by atoms with Crippen LogP contribution in [0.25, 0.3) is 6.08 Å². The molecule has 0 aliphatic carbocycles. The van der Waals surface area contributed by atoms with Crippen LogP contribution in [-0.2, 0) is 17.9 Å². The van der Waals surface area contributed by atoms with E-state index in [1.54, 1.807) is 22.8 Å². The first-order chi connectivity index (χ1) is 15.5. The fourth-order valence-corrected chi connectivity index (χ4v) is 5.32. The average Bonchev–Trinajstić information content (AvgIpc) is 3.00. The normalized spacial score (nSPS) is 24.6. The molecule has 2 aliphatic heterocycles. The highest BCUT2D eigenvalue weighted by atomic mass is 19.1. The summed E-state index contributed by atoms with van der Waals surface area (Å²) in [5.74, 6) is -1.22. The lowest BCUT2D eigenvalue weighted by atomic mass is 9.86. The summed E-state index contributed by atoms with van der Waals surface area (Å²) in [6, 6.07) is 9.44. The van der Waals surface area contributed by atoms with Crippen molar-refractivity contribution in [3.63, 3.8) is 0 Å². The van der Waals surface area contributed by atoms with E-state index in [0.717, 1.165) is 24.2 Å². The summed E-state index contributed by atoms with van der Waals surface area (Å²) < 4.78 is 15.0. The number of hydrogen-bond acceptors (Lipinski definition) is 4. The second-order valence-corrected chi connectivity index (χ2v) is 8.60. The molecule has 4 rings (SSSR count). The van der Waals surface area contributed by atoms with Crippen molar-refractivity contribution in [2.45, 2.75) is 45.4 Å². The number of benzene rings is 1. The van der Waals surface area contributed by atoms with Crippen LogP contribution in [0, 0.1) is 17.7 Å². The van der Waals surface area contributed by atoms with E-state index in [1.165, 1.54) is 12.1 Å². The first-order valence-corrected chi connectivity index (χ1v) is 11.2. The third-order valence-corrected chi connectivity index (χ3v) is 6.71. The van der Waals surface area contributed by atoms with Crippen LogP contribution in [0.4, 0.5) is 4.39 Å². The van der Waals surface area contributed by atoms with Gasteiger partial charge in [0.1, 0.15) is 5.82 Å². The average molecular weight is 440 g/mol. The highest BCUT2D eigenvalue weighted by Gasteiger charge is 2.55. The van der Waals surface area contributed by atoms with E-state index in [0.29, 0.717) is 12.1 Å². The predicted octanol–water partition coefficient (Wildman–Crippen LogP) is 2.71. The number of hydrogen-bond donors (Lipinski definition) is 2. The SMILES string of the molecule is CC=Cc1ccc2n(c1=O)C[C@H]1[C@H](CO)[C@@H](C(=O)NCc3ccc(F)cc3)[C@@H]2N1CCC. The van der Waals surface area contributed by atoms with Crippen LogP contribution in [0.5, 0.6) is 0 Å². The number of nitrogens with one attached hydrogen (secondary N) is 1. The van der Waals surface area contributed by atoms with Gasteiger partial charge in [0.15, 0.2) is 0 Å². The Kier molecular flexibility index (Phi) is 6.58. The molecule has 1 saturated heterocycles. The van der Waals surface area contributed by atoms with Crippen molar-refractivity contribution < 1.29 is 14.3 Å². The van der Waals surface area contributed by atoms with Gasteiger partial charge in [-0.1, -0.05) is 31.2 Å².